The summed E-state index contributed by atoms with van der Waals surface area (Å²) < 4.78 is 31.6. The molecule has 0 bridgehead atoms. The van der Waals surface area contributed by atoms with E-state index in [1.807, 2.05) is 0 Å². The maximum absolute atomic E-state index is 13.4. The van der Waals surface area contributed by atoms with Gasteiger partial charge in [0.1, 0.15) is 0 Å². The molecule has 5 heteroatoms. The molecule has 0 radical (unpaired) electrons. The van der Waals surface area contributed by atoms with Gasteiger partial charge in [-0.3, -0.25) is 4.79 Å². The van der Waals surface area contributed by atoms with Crippen LogP contribution in [0.5, 0.6) is 0 Å². The second-order valence-corrected chi connectivity index (χ2v) is 4.03. The van der Waals surface area contributed by atoms with E-state index in [0.29, 0.717) is 13.2 Å². The number of carbonyl (C=O) groups excluding carboxylic acids is 1. The first-order chi connectivity index (χ1) is 8.11. The molecule has 0 N–H and O–H groups in total. The number of ether oxygens (including phenoxy) is 1. The van der Waals surface area contributed by atoms with Gasteiger partial charge in [-0.25, -0.2) is 8.78 Å². The molecule has 1 aliphatic rings. The molecule has 1 amide bonds. The van der Waals surface area contributed by atoms with Crippen LogP contribution in [0.4, 0.5) is 8.78 Å². The Labute approximate surface area is 98.0 Å². The summed E-state index contributed by atoms with van der Waals surface area (Å²) in [6, 6.07) is 3.54. The average Bonchev–Trinajstić information content (AvgIpc) is 2.84. The summed E-state index contributed by atoms with van der Waals surface area (Å²) >= 11 is 0. The second-order valence-electron chi connectivity index (χ2n) is 4.03. The van der Waals surface area contributed by atoms with E-state index in [1.165, 1.54) is 17.0 Å². The summed E-state index contributed by atoms with van der Waals surface area (Å²) in [4.78, 5) is 13.4. The summed E-state index contributed by atoms with van der Waals surface area (Å²) in [6.45, 7) is 1.03. The van der Waals surface area contributed by atoms with Gasteiger partial charge in [0, 0.05) is 13.7 Å². The molecule has 1 atom stereocenters. The Morgan fingerprint density at radius 1 is 1.47 bits per heavy atom. The highest BCUT2D eigenvalue weighted by Gasteiger charge is 2.27. The molecule has 0 spiro atoms. The first kappa shape index (κ1) is 12.0. The lowest BCUT2D eigenvalue weighted by atomic mass is 10.1. The van der Waals surface area contributed by atoms with Crippen LogP contribution in [-0.4, -0.2) is 37.1 Å². The maximum Gasteiger partial charge on any atom is 0.257 e. The zero-order valence-electron chi connectivity index (χ0n) is 9.45. The molecule has 0 saturated carbocycles. The van der Waals surface area contributed by atoms with Crippen molar-refractivity contribution < 1.29 is 18.3 Å². The Hall–Kier alpha value is -1.49. The van der Waals surface area contributed by atoms with Crippen LogP contribution >= 0.6 is 0 Å². The zero-order chi connectivity index (χ0) is 12.4. The van der Waals surface area contributed by atoms with Crippen LogP contribution in [0.15, 0.2) is 18.2 Å². The number of rotatable bonds is 2. The van der Waals surface area contributed by atoms with Crippen LogP contribution in [-0.2, 0) is 4.74 Å². The molecule has 17 heavy (non-hydrogen) atoms. The third-order valence-electron chi connectivity index (χ3n) is 2.96. The highest BCUT2D eigenvalue weighted by molar-refractivity contribution is 5.94. The van der Waals surface area contributed by atoms with Crippen LogP contribution in [0.25, 0.3) is 0 Å². The van der Waals surface area contributed by atoms with Crippen LogP contribution < -0.4 is 0 Å². The first-order valence-electron chi connectivity index (χ1n) is 5.40. The maximum atomic E-state index is 13.4. The van der Waals surface area contributed by atoms with E-state index in [0.717, 1.165) is 12.5 Å². The zero-order valence-corrected chi connectivity index (χ0v) is 9.45. The largest absolute Gasteiger partial charge is 0.379 e. The lowest BCUT2D eigenvalue weighted by molar-refractivity contribution is 0.0705. The fourth-order valence-corrected chi connectivity index (χ4v) is 1.85. The summed E-state index contributed by atoms with van der Waals surface area (Å²) in [5.41, 5.74) is -0.237. The Bertz CT molecular complexity index is 431. The number of hydrogen-bond acceptors (Lipinski definition) is 2. The highest BCUT2D eigenvalue weighted by atomic mass is 19.2. The van der Waals surface area contributed by atoms with Gasteiger partial charge in [-0.1, -0.05) is 6.07 Å². The molecule has 1 heterocycles. The predicted molar refractivity (Wildman–Crippen MR) is 57.7 cm³/mol. The summed E-state index contributed by atoms with van der Waals surface area (Å²) in [7, 11) is 1.58. The van der Waals surface area contributed by atoms with Crippen LogP contribution in [0.1, 0.15) is 16.8 Å². The minimum atomic E-state index is -1.09. The Morgan fingerprint density at radius 2 is 2.24 bits per heavy atom. The van der Waals surface area contributed by atoms with Crippen molar-refractivity contribution in [2.24, 2.45) is 0 Å². The number of carbonyl (C=O) groups is 1. The molecule has 0 aliphatic carbocycles. The van der Waals surface area contributed by atoms with Gasteiger partial charge in [-0.15, -0.1) is 0 Å². The lowest BCUT2D eigenvalue weighted by Crippen LogP contribution is -2.37. The van der Waals surface area contributed by atoms with Gasteiger partial charge in [-0.05, 0) is 18.6 Å². The van der Waals surface area contributed by atoms with E-state index in [9.17, 15) is 13.6 Å². The molecule has 3 nitrogen and oxygen atoms in total. The number of hydrogen-bond donors (Lipinski definition) is 0. The molecule has 2 rings (SSSR count). The number of nitrogens with zero attached hydrogens (tertiary/aromatic N) is 1. The Morgan fingerprint density at radius 3 is 2.88 bits per heavy atom. The van der Waals surface area contributed by atoms with Crippen molar-refractivity contribution >= 4 is 5.91 Å². The fourth-order valence-electron chi connectivity index (χ4n) is 1.85. The van der Waals surface area contributed by atoms with Crippen LogP contribution in [0.3, 0.4) is 0 Å². The number of benzene rings is 1. The second kappa shape index (κ2) is 4.79. The van der Waals surface area contributed by atoms with E-state index >= 15 is 0 Å². The molecular weight excluding hydrogens is 228 g/mol. The van der Waals surface area contributed by atoms with Crippen molar-refractivity contribution in [3.63, 3.8) is 0 Å². The number of amides is 1. The van der Waals surface area contributed by atoms with Gasteiger partial charge in [0.2, 0.25) is 0 Å². The number of likely N-dealkylation sites (N-methyl/N-ethyl adjacent to an activating group) is 1. The molecule has 1 saturated heterocycles. The molecule has 1 fully saturated rings. The lowest BCUT2D eigenvalue weighted by Gasteiger charge is -2.23. The summed E-state index contributed by atoms with van der Waals surface area (Å²) in [5, 5.41) is 0. The standard InChI is InChI=1S/C12H13F2NO2/c1-15(8-5-6-17-7-8)12(16)9-3-2-4-10(13)11(9)14/h2-4,8H,5-7H2,1H3. The summed E-state index contributed by atoms with van der Waals surface area (Å²) in [5.74, 6) is -2.62. The van der Waals surface area contributed by atoms with E-state index in [4.69, 9.17) is 4.74 Å². The van der Waals surface area contributed by atoms with E-state index in [2.05, 4.69) is 0 Å². The topological polar surface area (TPSA) is 29.5 Å². The van der Waals surface area contributed by atoms with Gasteiger partial charge in [-0.2, -0.15) is 0 Å². The molecule has 1 unspecified atom stereocenters. The smallest absolute Gasteiger partial charge is 0.257 e. The van der Waals surface area contributed by atoms with Gasteiger partial charge >= 0.3 is 0 Å². The SMILES string of the molecule is CN(C(=O)c1cccc(F)c1F)C1CCOC1. The van der Waals surface area contributed by atoms with E-state index in [-0.39, 0.29) is 11.6 Å². The normalized spacial score (nSPS) is 19.4. The molecule has 92 valence electrons. The van der Waals surface area contributed by atoms with Gasteiger partial charge in [0.05, 0.1) is 18.2 Å². The van der Waals surface area contributed by atoms with Crippen molar-refractivity contribution in [2.45, 2.75) is 12.5 Å². The minimum absolute atomic E-state index is 0.0647. The van der Waals surface area contributed by atoms with Crippen molar-refractivity contribution in [3.05, 3.63) is 35.4 Å². The highest BCUT2D eigenvalue weighted by Crippen LogP contribution is 2.17. The number of halogens is 2. The quantitative estimate of drug-likeness (QED) is 0.790. The molecule has 1 aliphatic heterocycles. The van der Waals surface area contributed by atoms with E-state index < -0.39 is 17.5 Å². The third kappa shape index (κ3) is 2.29. The van der Waals surface area contributed by atoms with E-state index in [1.54, 1.807) is 7.05 Å². The Balaban J connectivity index is 2.21. The fraction of sp³-hybridized carbons (Fsp3) is 0.417. The molecule has 1 aromatic carbocycles. The van der Waals surface area contributed by atoms with Crippen molar-refractivity contribution in [1.29, 1.82) is 0 Å². The monoisotopic (exact) mass is 241 g/mol. The minimum Gasteiger partial charge on any atom is -0.379 e. The van der Waals surface area contributed by atoms with Crippen molar-refractivity contribution in [1.82, 2.24) is 4.90 Å². The first-order valence-corrected chi connectivity index (χ1v) is 5.40. The molecular formula is C12H13F2NO2. The van der Waals surface area contributed by atoms with Crippen LogP contribution in [0, 0.1) is 11.6 Å². The summed E-state index contributed by atoms with van der Waals surface area (Å²) in [6.07, 6.45) is 0.721. The molecule has 1 aromatic rings. The van der Waals surface area contributed by atoms with Gasteiger partial charge in [0.25, 0.3) is 5.91 Å². The predicted octanol–water partition coefficient (Wildman–Crippen LogP) is 1.83. The van der Waals surface area contributed by atoms with Crippen molar-refractivity contribution in [2.75, 3.05) is 20.3 Å². The third-order valence-corrected chi connectivity index (χ3v) is 2.96. The van der Waals surface area contributed by atoms with Gasteiger partial charge < -0.3 is 9.64 Å². The van der Waals surface area contributed by atoms with Gasteiger partial charge in [0.15, 0.2) is 11.6 Å². The van der Waals surface area contributed by atoms with Crippen LogP contribution in [0.2, 0.25) is 0 Å². The molecule has 0 aromatic heterocycles. The van der Waals surface area contributed by atoms with Crippen molar-refractivity contribution in [3.8, 4) is 0 Å². The Kier molecular flexibility index (Phi) is 3.38. The average molecular weight is 241 g/mol.